The molecule has 2 aliphatic rings. The van der Waals surface area contributed by atoms with Gasteiger partial charge in [-0.05, 0) is 0 Å². The predicted octanol–water partition coefficient (Wildman–Crippen LogP) is 8.76. The minimum absolute atomic E-state index is 0.0135. The number of carbonyl (C=O) groups is 1. The summed E-state index contributed by atoms with van der Waals surface area (Å²) in [5.41, 5.74) is 0. The second-order valence-electron chi connectivity index (χ2n) is 11.8. The van der Waals surface area contributed by atoms with Gasteiger partial charge in [0.25, 0.3) is 0 Å². The van der Waals surface area contributed by atoms with Gasteiger partial charge in [-0.1, -0.05) is 0 Å². The molecule has 0 spiro atoms. The van der Waals surface area contributed by atoms with E-state index in [1.165, 1.54) is 51.8 Å². The number of hydrogen-bond donors (Lipinski definition) is 1. The monoisotopic (exact) mass is 650 g/mol. The zero-order valence-corrected chi connectivity index (χ0v) is 28.6. The van der Waals surface area contributed by atoms with Gasteiger partial charge in [0, 0.05) is 0 Å². The fourth-order valence-corrected chi connectivity index (χ4v) is 23.0. The number of aliphatic carboxylic acids is 1. The zero-order valence-electron chi connectivity index (χ0n) is 24.1. The summed E-state index contributed by atoms with van der Waals surface area (Å²) in [6, 6.07) is 0. The molecule has 2 aliphatic heterocycles. The van der Waals surface area contributed by atoms with E-state index in [2.05, 4.69) is 44.8 Å². The molecule has 2 saturated heterocycles. The van der Waals surface area contributed by atoms with Crippen molar-refractivity contribution < 1.29 is 19.4 Å². The van der Waals surface area contributed by atoms with E-state index in [0.29, 0.717) is 6.42 Å². The molecule has 0 aliphatic carbocycles. The number of thioether (sulfide) groups is 2. The first-order valence-electron chi connectivity index (χ1n) is 14.6. The van der Waals surface area contributed by atoms with Crippen LogP contribution in [0.2, 0.25) is 13.3 Å². The molecular formula is C29H54O4S2Sn. The van der Waals surface area contributed by atoms with Gasteiger partial charge < -0.3 is 0 Å². The van der Waals surface area contributed by atoms with Crippen LogP contribution in [-0.2, 0) is 14.3 Å². The van der Waals surface area contributed by atoms with Gasteiger partial charge in [-0.25, -0.2) is 0 Å². The third-order valence-electron chi connectivity index (χ3n) is 8.12. The summed E-state index contributed by atoms with van der Waals surface area (Å²) in [7, 11) is 0. The van der Waals surface area contributed by atoms with E-state index in [9.17, 15) is 9.90 Å². The number of carboxylic acids is 1. The van der Waals surface area contributed by atoms with E-state index in [1.54, 1.807) is 0 Å². The van der Waals surface area contributed by atoms with Crippen LogP contribution >= 0.6 is 23.5 Å². The Morgan fingerprint density at radius 3 is 2.00 bits per heavy atom. The number of hydrogen-bond acceptors (Lipinski definition) is 5. The number of unbranched alkanes of at least 4 members (excludes halogenated alkanes) is 3. The molecule has 0 bridgehead atoms. The summed E-state index contributed by atoms with van der Waals surface area (Å²) >= 11 is 1.49. The zero-order chi connectivity index (χ0) is 26.8. The molecule has 2 rings (SSSR count). The SMILES string of the molecule is CCC[CH2][Sn](/[CH]=C/[C@@H]1OC(C)(C)O[C@@H]([C@@H](CCC2(C)SCCS2)C(=O)O)[C@H]1C)([CH2]CCC)[CH2]CCC. The summed E-state index contributed by atoms with van der Waals surface area (Å²) in [4.78, 5) is 12.5. The molecule has 7 heteroatoms. The van der Waals surface area contributed by atoms with E-state index in [0.717, 1.165) is 17.9 Å². The van der Waals surface area contributed by atoms with Crippen LogP contribution in [0.15, 0.2) is 10.2 Å². The van der Waals surface area contributed by atoms with Gasteiger partial charge in [0.2, 0.25) is 0 Å². The Kier molecular flexibility index (Phi) is 14.1. The van der Waals surface area contributed by atoms with Gasteiger partial charge in [0.05, 0.1) is 0 Å². The van der Waals surface area contributed by atoms with Crippen molar-refractivity contribution in [2.45, 2.75) is 135 Å². The number of ether oxygens (including phenoxy) is 2. The van der Waals surface area contributed by atoms with E-state index in [-0.39, 0.29) is 22.2 Å². The maximum absolute atomic E-state index is 12.5. The van der Waals surface area contributed by atoms with Crippen molar-refractivity contribution in [2.24, 2.45) is 11.8 Å². The van der Waals surface area contributed by atoms with Crippen LogP contribution in [0, 0.1) is 11.8 Å². The Morgan fingerprint density at radius 2 is 1.53 bits per heavy atom. The summed E-state index contributed by atoms with van der Waals surface area (Å²) < 4.78 is 19.9. The Balaban J connectivity index is 2.26. The third-order valence-corrected chi connectivity index (χ3v) is 25.7. The van der Waals surface area contributed by atoms with E-state index in [1.807, 2.05) is 37.4 Å². The molecule has 1 N–H and O–H groups in total. The van der Waals surface area contributed by atoms with Crippen LogP contribution in [0.1, 0.15) is 99.8 Å². The maximum atomic E-state index is 12.5. The average Bonchev–Trinajstić information content (AvgIpc) is 3.26. The second-order valence-corrected chi connectivity index (χ2v) is 28.2. The van der Waals surface area contributed by atoms with Crippen LogP contribution in [-0.4, -0.2) is 63.0 Å². The standard InChI is InChI=1S/C17H27O4S2.3C4H9.Sn/c1-6-13-11(2)14(21-16(3,4)20-13)12(15(18)19)7-8-17(5)22-9-10-23-17;3*1-3-4-2;/h1,6,11-14H,7-10H2,2-5H3,(H,18,19);3*1,3-4H2,2H3;/t11-,12+,13-,14+;;;;/m0..../s1. The first kappa shape index (κ1) is 32.8. The Bertz CT molecular complexity index is 671. The summed E-state index contributed by atoms with van der Waals surface area (Å²) in [6.07, 6.45) is 11.3. The molecule has 0 radical (unpaired) electrons. The molecular weight excluding hydrogens is 595 g/mol. The van der Waals surface area contributed by atoms with Crippen molar-refractivity contribution in [3.8, 4) is 0 Å². The molecule has 0 aromatic rings. The van der Waals surface area contributed by atoms with Crippen LogP contribution < -0.4 is 0 Å². The van der Waals surface area contributed by atoms with Crippen LogP contribution in [0.4, 0.5) is 0 Å². The summed E-state index contributed by atoms with van der Waals surface area (Å²) in [6.45, 7) is 15.3. The van der Waals surface area contributed by atoms with Crippen molar-refractivity contribution in [3.05, 3.63) is 10.2 Å². The summed E-state index contributed by atoms with van der Waals surface area (Å²) in [5, 5.41) is 10.3. The topological polar surface area (TPSA) is 55.8 Å². The predicted molar refractivity (Wildman–Crippen MR) is 161 cm³/mol. The van der Waals surface area contributed by atoms with Crippen LogP contribution in [0.5, 0.6) is 0 Å². The third kappa shape index (κ3) is 9.98. The van der Waals surface area contributed by atoms with Gasteiger partial charge in [0.1, 0.15) is 0 Å². The fourth-order valence-electron chi connectivity index (χ4n) is 5.81. The molecule has 0 unspecified atom stereocenters. The molecule has 36 heavy (non-hydrogen) atoms. The van der Waals surface area contributed by atoms with Crippen molar-refractivity contribution in [2.75, 3.05) is 11.5 Å². The molecule has 2 heterocycles. The van der Waals surface area contributed by atoms with E-state index < -0.39 is 36.1 Å². The molecule has 210 valence electrons. The second kappa shape index (κ2) is 15.4. The molecule has 0 saturated carbocycles. The molecule has 0 aromatic carbocycles. The van der Waals surface area contributed by atoms with Crippen LogP contribution in [0.3, 0.4) is 0 Å². The number of carboxylic acid groups (broad SMARTS) is 1. The average molecular weight is 650 g/mol. The Labute approximate surface area is 234 Å². The van der Waals surface area contributed by atoms with Gasteiger partial charge in [-0.15, -0.1) is 0 Å². The van der Waals surface area contributed by atoms with E-state index >= 15 is 0 Å². The Morgan fingerprint density at radius 1 is 1.00 bits per heavy atom. The normalized spacial score (nSPS) is 26.9. The quantitative estimate of drug-likeness (QED) is 0.169. The first-order chi connectivity index (χ1) is 17.0. The molecule has 2 fully saturated rings. The molecule has 4 atom stereocenters. The van der Waals surface area contributed by atoms with Gasteiger partial charge in [-0.2, -0.15) is 0 Å². The molecule has 0 aromatic heterocycles. The van der Waals surface area contributed by atoms with E-state index in [4.69, 9.17) is 9.47 Å². The first-order valence-corrected chi connectivity index (χ1v) is 24.2. The minimum atomic E-state index is -2.46. The van der Waals surface area contributed by atoms with Crippen molar-refractivity contribution in [1.29, 1.82) is 0 Å². The van der Waals surface area contributed by atoms with Crippen molar-refractivity contribution in [1.82, 2.24) is 0 Å². The summed E-state index contributed by atoms with van der Waals surface area (Å²) in [5.74, 6) is 0.307. The van der Waals surface area contributed by atoms with Gasteiger partial charge in [0.15, 0.2) is 0 Å². The fraction of sp³-hybridized carbons (Fsp3) is 0.897. The van der Waals surface area contributed by atoms with Gasteiger partial charge >= 0.3 is 236 Å². The molecule has 0 amide bonds. The number of rotatable bonds is 16. The Hall–Kier alpha value is 0.629. The van der Waals surface area contributed by atoms with Crippen molar-refractivity contribution in [3.63, 3.8) is 0 Å². The van der Waals surface area contributed by atoms with Crippen LogP contribution in [0.25, 0.3) is 0 Å². The molecule has 4 nitrogen and oxygen atoms in total. The van der Waals surface area contributed by atoms with Gasteiger partial charge in [-0.3, -0.25) is 0 Å². The van der Waals surface area contributed by atoms with Crippen molar-refractivity contribution >= 4 is 47.9 Å².